The summed E-state index contributed by atoms with van der Waals surface area (Å²) in [6.07, 6.45) is 1.87. The molecule has 0 aliphatic rings. The summed E-state index contributed by atoms with van der Waals surface area (Å²) in [4.78, 5) is 35.3. The van der Waals surface area contributed by atoms with Gasteiger partial charge >= 0.3 is 11.9 Å². The van der Waals surface area contributed by atoms with Gasteiger partial charge in [0.1, 0.15) is 6.29 Å². The van der Waals surface area contributed by atoms with E-state index in [2.05, 4.69) is 0 Å². The van der Waals surface area contributed by atoms with Crippen molar-refractivity contribution < 1.29 is 47.9 Å². The second-order valence-corrected chi connectivity index (χ2v) is 8.27. The van der Waals surface area contributed by atoms with Crippen LogP contribution in [0.4, 0.5) is 0 Å². The summed E-state index contributed by atoms with van der Waals surface area (Å²) >= 11 is 0. The van der Waals surface area contributed by atoms with Gasteiger partial charge in [-0.15, -0.1) is 0 Å². The highest BCUT2D eigenvalue weighted by Crippen LogP contribution is 2.30. The fourth-order valence-electron chi connectivity index (χ4n) is 3.11. The molecule has 0 amide bonds. The molecule has 2 aromatic carbocycles. The summed E-state index contributed by atoms with van der Waals surface area (Å²) in [7, 11) is 0. The van der Waals surface area contributed by atoms with Crippen molar-refractivity contribution in [3.05, 3.63) is 47.5 Å². The number of ether oxygens (including phenoxy) is 6. The van der Waals surface area contributed by atoms with Crippen LogP contribution < -0.4 is 18.9 Å². The van der Waals surface area contributed by atoms with Gasteiger partial charge in [0.2, 0.25) is 13.1 Å². The van der Waals surface area contributed by atoms with Crippen LogP contribution in [0.15, 0.2) is 36.4 Å². The van der Waals surface area contributed by atoms with Crippen molar-refractivity contribution in [2.45, 2.75) is 65.8 Å². The van der Waals surface area contributed by atoms with Crippen molar-refractivity contribution in [3.8, 4) is 23.0 Å². The number of hydrogen-bond acceptors (Lipinski definition) is 10. The number of aliphatic hydroxyl groups is 1. The van der Waals surface area contributed by atoms with Crippen molar-refractivity contribution in [2.24, 2.45) is 0 Å². The van der Waals surface area contributed by atoms with Crippen molar-refractivity contribution in [2.75, 3.05) is 20.0 Å². The molecule has 208 valence electrons. The highest BCUT2D eigenvalue weighted by atomic mass is 16.7. The molecule has 0 spiro atoms. The molecule has 1 unspecified atom stereocenters. The van der Waals surface area contributed by atoms with Crippen LogP contribution in [0.5, 0.6) is 23.0 Å². The minimum absolute atomic E-state index is 0.179. The van der Waals surface area contributed by atoms with Crippen molar-refractivity contribution >= 4 is 18.2 Å². The summed E-state index contributed by atoms with van der Waals surface area (Å²) in [5.41, 5.74) is 1.00. The molecule has 0 aliphatic carbocycles. The van der Waals surface area contributed by atoms with E-state index in [0.717, 1.165) is 19.3 Å². The molecular weight excluding hydrogens is 496 g/mol. The molecule has 0 saturated heterocycles. The Morgan fingerprint density at radius 1 is 0.868 bits per heavy atom. The fraction of sp³-hybridized carbons (Fsp3) is 0.464. The molecule has 38 heavy (non-hydrogen) atoms. The van der Waals surface area contributed by atoms with Gasteiger partial charge in [-0.05, 0) is 48.7 Å². The van der Waals surface area contributed by atoms with Crippen LogP contribution >= 0.6 is 0 Å². The lowest BCUT2D eigenvalue weighted by atomic mass is 10.2. The lowest BCUT2D eigenvalue weighted by molar-refractivity contribution is -0.164. The third-order valence-electron chi connectivity index (χ3n) is 5.07. The number of aliphatic hydroxyl groups excluding tert-OH is 1. The van der Waals surface area contributed by atoms with E-state index in [1.54, 1.807) is 30.3 Å². The first-order valence-corrected chi connectivity index (χ1v) is 12.6. The topological polar surface area (TPSA) is 127 Å². The van der Waals surface area contributed by atoms with Gasteiger partial charge < -0.3 is 33.5 Å². The van der Waals surface area contributed by atoms with E-state index in [1.165, 1.54) is 13.0 Å². The molecule has 0 fully saturated rings. The van der Waals surface area contributed by atoms with Gasteiger partial charge in [-0.2, -0.15) is 0 Å². The Labute approximate surface area is 222 Å². The largest absolute Gasteiger partial charge is 0.490 e. The quantitative estimate of drug-likeness (QED) is 0.126. The predicted octanol–water partition coefficient (Wildman–Crippen LogP) is 4.59. The number of esters is 2. The Morgan fingerprint density at radius 2 is 1.58 bits per heavy atom. The van der Waals surface area contributed by atoms with Gasteiger partial charge in [0.25, 0.3) is 0 Å². The summed E-state index contributed by atoms with van der Waals surface area (Å²) in [6.45, 7) is 5.91. The van der Waals surface area contributed by atoms with E-state index in [9.17, 15) is 19.5 Å². The lowest BCUT2D eigenvalue weighted by Crippen LogP contribution is -2.22. The SMILES string of the molecule is CCCCOc1ccc(CO)cc1OC(C)OC(=O)CCC(=O)OCOc1cc(C=O)ccc1OCCC. The maximum absolute atomic E-state index is 12.2. The van der Waals surface area contributed by atoms with Crippen molar-refractivity contribution in [1.29, 1.82) is 0 Å². The number of benzene rings is 2. The van der Waals surface area contributed by atoms with Gasteiger partial charge in [-0.1, -0.05) is 26.3 Å². The summed E-state index contributed by atoms with van der Waals surface area (Å²) in [5.74, 6) is 0.185. The predicted molar refractivity (Wildman–Crippen MR) is 137 cm³/mol. The number of aldehydes is 1. The van der Waals surface area contributed by atoms with Crippen LogP contribution in [0.3, 0.4) is 0 Å². The van der Waals surface area contributed by atoms with E-state index < -0.39 is 25.0 Å². The van der Waals surface area contributed by atoms with Crippen LogP contribution in [0.25, 0.3) is 0 Å². The maximum Gasteiger partial charge on any atom is 0.309 e. The summed E-state index contributed by atoms with van der Waals surface area (Å²) < 4.78 is 32.7. The Hall–Kier alpha value is -3.79. The van der Waals surface area contributed by atoms with Crippen LogP contribution in [-0.2, 0) is 25.7 Å². The molecule has 0 saturated carbocycles. The normalized spacial score (nSPS) is 11.3. The number of rotatable bonds is 18. The highest BCUT2D eigenvalue weighted by Gasteiger charge is 2.17. The molecule has 10 nitrogen and oxygen atoms in total. The zero-order valence-corrected chi connectivity index (χ0v) is 22.1. The Kier molecular flexibility index (Phi) is 13.5. The first kappa shape index (κ1) is 30.4. The second kappa shape index (κ2) is 16.9. The Balaban J connectivity index is 1.80. The molecule has 0 heterocycles. The number of unbranched alkanes of at least 4 members (excludes halogenated alkanes) is 1. The third kappa shape index (κ3) is 10.7. The second-order valence-electron chi connectivity index (χ2n) is 8.27. The van der Waals surface area contributed by atoms with E-state index >= 15 is 0 Å². The lowest BCUT2D eigenvalue weighted by Gasteiger charge is -2.18. The van der Waals surface area contributed by atoms with Crippen LogP contribution in [0.2, 0.25) is 0 Å². The van der Waals surface area contributed by atoms with Gasteiger partial charge in [0.15, 0.2) is 23.0 Å². The monoisotopic (exact) mass is 532 g/mol. The molecule has 10 heteroatoms. The maximum atomic E-state index is 12.2. The molecule has 1 atom stereocenters. The molecule has 0 aliphatic heterocycles. The highest BCUT2D eigenvalue weighted by molar-refractivity contribution is 5.78. The Bertz CT molecular complexity index is 1040. The molecule has 2 rings (SSSR count). The van der Waals surface area contributed by atoms with Crippen molar-refractivity contribution in [1.82, 2.24) is 0 Å². The van der Waals surface area contributed by atoms with E-state index in [1.807, 2.05) is 13.8 Å². The van der Waals surface area contributed by atoms with Crippen LogP contribution in [0, 0.1) is 0 Å². The fourth-order valence-corrected chi connectivity index (χ4v) is 3.11. The molecule has 0 radical (unpaired) electrons. The zero-order valence-electron chi connectivity index (χ0n) is 22.1. The average Bonchev–Trinajstić information content (AvgIpc) is 2.91. The minimum atomic E-state index is -0.962. The van der Waals surface area contributed by atoms with Gasteiger partial charge in [0, 0.05) is 12.5 Å². The van der Waals surface area contributed by atoms with Crippen LogP contribution in [-0.4, -0.2) is 49.6 Å². The average molecular weight is 533 g/mol. The molecular formula is C28H36O10. The van der Waals surface area contributed by atoms with Gasteiger partial charge in [-0.3, -0.25) is 14.4 Å². The molecule has 0 bridgehead atoms. The third-order valence-corrected chi connectivity index (χ3v) is 5.07. The van der Waals surface area contributed by atoms with E-state index in [0.29, 0.717) is 47.9 Å². The van der Waals surface area contributed by atoms with Crippen LogP contribution in [0.1, 0.15) is 68.8 Å². The number of carbonyl (C=O) groups excluding carboxylic acids is 3. The Morgan fingerprint density at radius 3 is 2.29 bits per heavy atom. The summed E-state index contributed by atoms with van der Waals surface area (Å²) in [6, 6.07) is 9.72. The molecule has 1 N–H and O–H groups in total. The zero-order chi connectivity index (χ0) is 27.8. The first-order valence-electron chi connectivity index (χ1n) is 12.6. The standard InChI is InChI=1S/C28H36O10/c1-4-6-14-34-24-10-8-22(18-30)16-26(24)37-20(3)38-28(32)12-11-27(31)36-19-35-25-15-21(17-29)7-9-23(25)33-13-5-2/h7-10,15-17,20,30H,4-6,11-14,18-19H2,1-3H3. The summed E-state index contributed by atoms with van der Waals surface area (Å²) in [5, 5.41) is 9.41. The first-order chi connectivity index (χ1) is 18.4. The van der Waals surface area contributed by atoms with Gasteiger partial charge in [-0.25, -0.2) is 0 Å². The molecule has 0 aromatic heterocycles. The number of carbonyl (C=O) groups is 3. The van der Waals surface area contributed by atoms with E-state index in [4.69, 9.17) is 28.4 Å². The molecule has 2 aromatic rings. The smallest absolute Gasteiger partial charge is 0.309 e. The van der Waals surface area contributed by atoms with E-state index in [-0.39, 0.29) is 25.2 Å². The minimum Gasteiger partial charge on any atom is -0.490 e. The van der Waals surface area contributed by atoms with Crippen molar-refractivity contribution in [3.63, 3.8) is 0 Å². The number of hydrogen-bond donors (Lipinski definition) is 1. The van der Waals surface area contributed by atoms with Gasteiger partial charge in [0.05, 0.1) is 32.7 Å².